The number of rotatable bonds is 2. The van der Waals surface area contributed by atoms with Gasteiger partial charge < -0.3 is 20.9 Å². The molecule has 0 saturated carbocycles. The molecule has 0 aliphatic heterocycles. The van der Waals surface area contributed by atoms with Gasteiger partial charge in [-0.3, -0.25) is 0 Å². The van der Waals surface area contributed by atoms with Gasteiger partial charge in [0.2, 0.25) is 0 Å². The molecule has 11 heavy (non-hydrogen) atoms. The number of nitrogens with one attached hydrogen (secondary N) is 1. The Morgan fingerprint density at radius 3 is 2.36 bits per heavy atom. The highest BCUT2D eigenvalue weighted by Gasteiger charge is 2.07. The van der Waals surface area contributed by atoms with Crippen molar-refractivity contribution in [3.63, 3.8) is 0 Å². The van der Waals surface area contributed by atoms with Crippen LogP contribution in [0.2, 0.25) is 0 Å². The number of nitrogens with two attached hydrogens (primary N) is 1. The van der Waals surface area contributed by atoms with E-state index in [-0.39, 0.29) is 0 Å². The molecule has 0 fully saturated rings. The zero-order valence-corrected chi connectivity index (χ0v) is 5.36. The van der Waals surface area contributed by atoms with Gasteiger partial charge in [0.1, 0.15) is 6.54 Å². The van der Waals surface area contributed by atoms with Crippen molar-refractivity contribution >= 4 is 18.2 Å². The molecule has 0 unspecified atom stereocenters. The van der Waals surface area contributed by atoms with E-state index in [0.29, 0.717) is 0 Å². The summed E-state index contributed by atoms with van der Waals surface area (Å²) in [5.41, 5.74) is 4.57. The fourth-order valence-corrected chi connectivity index (χ4v) is 0.293. The number of esters is 1. The molecular weight excluding hydrogens is 156 g/mol. The number of hydrogen-bond acceptors (Lipinski definition) is 4. The Balaban J connectivity index is 3.53. The van der Waals surface area contributed by atoms with Crippen LogP contribution in [0, 0.1) is 0 Å². The Morgan fingerprint density at radius 1 is 1.45 bits per heavy atom. The van der Waals surface area contributed by atoms with E-state index in [9.17, 15) is 14.4 Å². The fraction of sp³-hybridized carbons (Fsp3) is 0.250. The Morgan fingerprint density at radius 2 is 2.00 bits per heavy atom. The van der Waals surface area contributed by atoms with Gasteiger partial charge in [0, 0.05) is 0 Å². The summed E-state index contributed by atoms with van der Waals surface area (Å²) in [6, 6.07) is -0.924. The van der Waals surface area contributed by atoms with Gasteiger partial charge in [0.25, 0.3) is 0 Å². The third-order valence-electron chi connectivity index (χ3n) is 0.608. The second-order valence-corrected chi connectivity index (χ2v) is 1.46. The van der Waals surface area contributed by atoms with Gasteiger partial charge in [0.15, 0.2) is 0 Å². The van der Waals surface area contributed by atoms with Gasteiger partial charge in [0.05, 0.1) is 0 Å². The van der Waals surface area contributed by atoms with Crippen LogP contribution in [-0.2, 0) is 9.53 Å². The lowest BCUT2D eigenvalue weighted by molar-refractivity contribution is -0.137. The van der Waals surface area contributed by atoms with Crippen LogP contribution in [-0.4, -0.2) is 29.8 Å². The van der Waals surface area contributed by atoms with E-state index in [1.807, 2.05) is 5.32 Å². The molecule has 0 atom stereocenters. The molecule has 0 saturated heterocycles. The standard InChI is InChI=1S/C4H6N2O5/c5-3(8)6-1-2(7)11-4(9)10/h1H2,(H,9,10)(H3,5,6,8). The maximum atomic E-state index is 10.3. The van der Waals surface area contributed by atoms with E-state index in [1.165, 1.54) is 0 Å². The summed E-state index contributed by atoms with van der Waals surface area (Å²) in [4.78, 5) is 29.9. The zero-order chi connectivity index (χ0) is 8.85. The van der Waals surface area contributed by atoms with Gasteiger partial charge in [-0.05, 0) is 0 Å². The Kier molecular flexibility index (Phi) is 3.43. The van der Waals surface area contributed by atoms with E-state index in [2.05, 4.69) is 10.5 Å². The van der Waals surface area contributed by atoms with Crippen LogP contribution in [0.25, 0.3) is 0 Å². The van der Waals surface area contributed by atoms with Crippen molar-refractivity contribution in [1.29, 1.82) is 0 Å². The second kappa shape index (κ2) is 4.09. The molecule has 0 aliphatic carbocycles. The van der Waals surface area contributed by atoms with Crippen LogP contribution < -0.4 is 11.1 Å². The number of ether oxygens (including phenoxy) is 1. The average molecular weight is 162 g/mol. The third-order valence-corrected chi connectivity index (χ3v) is 0.608. The van der Waals surface area contributed by atoms with Crippen LogP contribution in [0.4, 0.5) is 9.59 Å². The molecule has 4 N–H and O–H groups in total. The molecule has 62 valence electrons. The first-order valence-corrected chi connectivity index (χ1v) is 2.49. The number of carbonyl (C=O) groups excluding carboxylic acids is 2. The molecular formula is C4H6N2O5. The van der Waals surface area contributed by atoms with Crippen molar-refractivity contribution in [2.75, 3.05) is 6.54 Å². The quantitative estimate of drug-likeness (QED) is 0.351. The highest BCUT2D eigenvalue weighted by atomic mass is 16.7. The molecule has 7 nitrogen and oxygen atoms in total. The smallest absolute Gasteiger partial charge is 0.449 e. The minimum Gasteiger partial charge on any atom is -0.449 e. The van der Waals surface area contributed by atoms with Crippen LogP contribution in [0.5, 0.6) is 0 Å². The van der Waals surface area contributed by atoms with Gasteiger partial charge in [-0.1, -0.05) is 0 Å². The first-order chi connectivity index (χ1) is 5.02. The molecule has 0 spiro atoms. The van der Waals surface area contributed by atoms with Crippen molar-refractivity contribution in [3.8, 4) is 0 Å². The van der Waals surface area contributed by atoms with E-state index in [4.69, 9.17) is 5.11 Å². The SMILES string of the molecule is NC(=O)NCC(=O)OC(=O)O. The van der Waals surface area contributed by atoms with E-state index in [1.54, 1.807) is 0 Å². The minimum absolute atomic E-state index is 0.554. The number of urea groups is 1. The molecule has 0 heterocycles. The van der Waals surface area contributed by atoms with Crippen LogP contribution in [0.3, 0.4) is 0 Å². The molecule has 0 aromatic heterocycles. The summed E-state index contributed by atoms with van der Waals surface area (Å²) in [6.45, 7) is -0.554. The number of carbonyl (C=O) groups is 3. The number of primary amides is 1. The number of hydrogen-bond donors (Lipinski definition) is 3. The Bertz CT molecular complexity index is 189. The monoisotopic (exact) mass is 162 g/mol. The maximum Gasteiger partial charge on any atom is 0.513 e. The van der Waals surface area contributed by atoms with Crippen molar-refractivity contribution in [2.45, 2.75) is 0 Å². The first-order valence-electron chi connectivity index (χ1n) is 2.49. The van der Waals surface area contributed by atoms with Crippen molar-refractivity contribution in [2.24, 2.45) is 5.73 Å². The van der Waals surface area contributed by atoms with Crippen molar-refractivity contribution < 1.29 is 24.2 Å². The molecule has 0 aliphatic rings. The summed E-state index contributed by atoms with van der Waals surface area (Å²) in [5.74, 6) is -1.09. The predicted octanol–water partition coefficient (Wildman–Crippen LogP) is -1.12. The minimum atomic E-state index is -1.72. The second-order valence-electron chi connectivity index (χ2n) is 1.46. The Hall–Kier alpha value is -1.79. The summed E-state index contributed by atoms with van der Waals surface area (Å²) in [6.07, 6.45) is -1.72. The molecule has 0 aromatic carbocycles. The van der Waals surface area contributed by atoms with Crippen molar-refractivity contribution in [3.05, 3.63) is 0 Å². The topological polar surface area (TPSA) is 119 Å². The number of carboxylic acid groups (broad SMARTS) is 1. The van der Waals surface area contributed by atoms with E-state index in [0.717, 1.165) is 0 Å². The third kappa shape index (κ3) is 6.09. The fourth-order valence-electron chi connectivity index (χ4n) is 0.293. The van der Waals surface area contributed by atoms with E-state index >= 15 is 0 Å². The molecule has 2 amide bonds. The molecule has 0 radical (unpaired) electrons. The highest BCUT2D eigenvalue weighted by molar-refractivity contribution is 5.85. The lowest BCUT2D eigenvalue weighted by Crippen LogP contribution is -2.35. The zero-order valence-electron chi connectivity index (χ0n) is 5.36. The Labute approximate surface area is 61.1 Å². The highest BCUT2D eigenvalue weighted by Crippen LogP contribution is 1.76. The molecule has 0 rings (SSSR count). The summed E-state index contributed by atoms with van der Waals surface area (Å²) >= 11 is 0. The van der Waals surface area contributed by atoms with E-state index < -0.39 is 24.7 Å². The normalized spacial score (nSPS) is 8.36. The summed E-state index contributed by atoms with van der Waals surface area (Å²) in [5, 5.41) is 9.71. The summed E-state index contributed by atoms with van der Waals surface area (Å²) in [7, 11) is 0. The lowest BCUT2D eigenvalue weighted by Gasteiger charge is -1.97. The molecule has 7 heteroatoms. The number of amides is 2. The lowest BCUT2D eigenvalue weighted by atomic mass is 10.6. The predicted molar refractivity (Wildman–Crippen MR) is 31.7 cm³/mol. The van der Waals surface area contributed by atoms with Gasteiger partial charge in [-0.15, -0.1) is 0 Å². The maximum absolute atomic E-state index is 10.3. The van der Waals surface area contributed by atoms with Crippen LogP contribution >= 0.6 is 0 Å². The first kappa shape index (κ1) is 9.21. The van der Waals surface area contributed by atoms with Crippen molar-refractivity contribution in [1.82, 2.24) is 5.32 Å². The van der Waals surface area contributed by atoms with Crippen LogP contribution in [0.15, 0.2) is 0 Å². The van der Waals surface area contributed by atoms with Gasteiger partial charge in [-0.25, -0.2) is 14.4 Å². The van der Waals surface area contributed by atoms with Crippen LogP contribution in [0.1, 0.15) is 0 Å². The summed E-state index contributed by atoms with van der Waals surface area (Å²) < 4.78 is 3.61. The van der Waals surface area contributed by atoms with Gasteiger partial charge >= 0.3 is 18.2 Å². The molecule has 0 aromatic rings. The molecule has 0 bridgehead atoms. The largest absolute Gasteiger partial charge is 0.513 e. The average Bonchev–Trinajstić information content (AvgIpc) is 1.82. The van der Waals surface area contributed by atoms with Gasteiger partial charge in [-0.2, -0.15) is 0 Å².